The summed E-state index contributed by atoms with van der Waals surface area (Å²) < 4.78 is 32.4. The molecule has 26 heavy (non-hydrogen) atoms. The third-order valence-electron chi connectivity index (χ3n) is 4.68. The van der Waals surface area contributed by atoms with Crippen LogP contribution in [0.2, 0.25) is 5.02 Å². The summed E-state index contributed by atoms with van der Waals surface area (Å²) in [4.78, 5) is 12.5. The second-order valence-electron chi connectivity index (χ2n) is 6.67. The Hall–Kier alpha value is -1.19. The fraction of sp³-hybridized carbons (Fsp3) is 0.588. The lowest BCUT2D eigenvalue weighted by atomic mass is 9.96. The summed E-state index contributed by atoms with van der Waals surface area (Å²) in [6.07, 6.45) is 1.91. The largest absolute Gasteiger partial charge is 0.379 e. The van der Waals surface area contributed by atoms with E-state index in [2.05, 4.69) is 5.43 Å². The lowest BCUT2D eigenvalue weighted by molar-refractivity contribution is -0.129. The molecule has 1 atom stereocenters. The lowest BCUT2D eigenvalue weighted by Crippen LogP contribution is -2.49. The number of nitrogens with zero attached hydrogens (tertiary/aromatic N) is 2. The van der Waals surface area contributed by atoms with Crippen LogP contribution in [0.4, 0.5) is 0 Å². The molecule has 2 heterocycles. The molecule has 1 aromatic rings. The first-order chi connectivity index (χ1) is 12.4. The molecule has 0 spiro atoms. The van der Waals surface area contributed by atoms with Crippen LogP contribution in [0, 0.1) is 5.92 Å². The summed E-state index contributed by atoms with van der Waals surface area (Å²) in [6, 6.07) is 6.30. The van der Waals surface area contributed by atoms with Crippen molar-refractivity contribution in [2.24, 2.45) is 5.92 Å². The first-order valence-corrected chi connectivity index (χ1v) is 10.6. The van der Waals surface area contributed by atoms with Crippen molar-refractivity contribution in [3.8, 4) is 0 Å². The number of halogens is 1. The third kappa shape index (κ3) is 4.95. The van der Waals surface area contributed by atoms with Gasteiger partial charge in [0.2, 0.25) is 15.9 Å². The quantitative estimate of drug-likeness (QED) is 0.808. The van der Waals surface area contributed by atoms with Crippen molar-refractivity contribution in [2.75, 3.05) is 39.4 Å². The zero-order chi connectivity index (χ0) is 18.6. The van der Waals surface area contributed by atoms with Crippen molar-refractivity contribution in [1.82, 2.24) is 14.7 Å². The maximum absolute atomic E-state index is 12.8. The summed E-state index contributed by atoms with van der Waals surface area (Å²) in [6.45, 7) is 3.38. The van der Waals surface area contributed by atoms with Crippen LogP contribution in [-0.4, -0.2) is 63.0 Å². The Morgan fingerprint density at radius 2 is 2.04 bits per heavy atom. The number of rotatable bonds is 5. The molecule has 144 valence electrons. The normalized spacial score (nSPS) is 22.9. The molecule has 1 aromatic carbocycles. The van der Waals surface area contributed by atoms with Gasteiger partial charge in [0.05, 0.1) is 18.1 Å². The monoisotopic (exact) mass is 401 g/mol. The van der Waals surface area contributed by atoms with Crippen LogP contribution in [0.25, 0.3) is 0 Å². The number of carbonyl (C=O) groups is 1. The molecule has 7 nitrogen and oxygen atoms in total. The standard InChI is InChI=1S/C17H24ClN3O4S/c18-15-4-1-5-16(12-15)26(23,24)21-6-2-3-14(13-21)11-17(22)19-20-7-9-25-10-8-20/h1,4-5,12,14H,2-3,6-11,13H2,(H,19,22). The smallest absolute Gasteiger partial charge is 0.243 e. The topological polar surface area (TPSA) is 79.0 Å². The van der Waals surface area contributed by atoms with E-state index < -0.39 is 10.0 Å². The number of hydrogen-bond acceptors (Lipinski definition) is 5. The maximum Gasteiger partial charge on any atom is 0.243 e. The average Bonchev–Trinajstić information content (AvgIpc) is 2.62. The van der Waals surface area contributed by atoms with Crippen LogP contribution >= 0.6 is 11.6 Å². The third-order valence-corrected chi connectivity index (χ3v) is 6.78. The van der Waals surface area contributed by atoms with E-state index in [1.807, 2.05) is 5.01 Å². The number of hydrogen-bond donors (Lipinski definition) is 1. The van der Waals surface area contributed by atoms with Crippen LogP contribution in [0.1, 0.15) is 19.3 Å². The van der Waals surface area contributed by atoms with E-state index in [-0.39, 0.29) is 16.7 Å². The van der Waals surface area contributed by atoms with Gasteiger partial charge < -0.3 is 4.74 Å². The minimum atomic E-state index is -3.59. The van der Waals surface area contributed by atoms with E-state index in [9.17, 15) is 13.2 Å². The number of carbonyl (C=O) groups excluding carboxylic acids is 1. The van der Waals surface area contributed by atoms with Crippen LogP contribution in [0.5, 0.6) is 0 Å². The molecule has 0 aliphatic carbocycles. The number of nitrogens with one attached hydrogen (secondary N) is 1. The first-order valence-electron chi connectivity index (χ1n) is 8.83. The molecular formula is C17H24ClN3O4S. The summed E-state index contributed by atoms with van der Waals surface area (Å²) in [5.74, 6) is -0.0577. The molecule has 9 heteroatoms. The van der Waals surface area contributed by atoms with E-state index in [1.54, 1.807) is 18.2 Å². The van der Waals surface area contributed by atoms with E-state index in [0.29, 0.717) is 50.8 Å². The minimum Gasteiger partial charge on any atom is -0.379 e. The van der Waals surface area contributed by atoms with Gasteiger partial charge in [-0.2, -0.15) is 4.31 Å². The number of piperidine rings is 1. The molecule has 1 unspecified atom stereocenters. The fourth-order valence-electron chi connectivity index (χ4n) is 3.35. The van der Waals surface area contributed by atoms with Gasteiger partial charge in [0.15, 0.2) is 0 Å². The number of morpholine rings is 1. The van der Waals surface area contributed by atoms with Gasteiger partial charge in [-0.25, -0.2) is 13.4 Å². The van der Waals surface area contributed by atoms with Crippen molar-refractivity contribution in [1.29, 1.82) is 0 Å². The zero-order valence-electron chi connectivity index (χ0n) is 14.6. The molecule has 1 amide bonds. The van der Waals surface area contributed by atoms with E-state index >= 15 is 0 Å². The molecule has 2 aliphatic heterocycles. The van der Waals surface area contributed by atoms with Crippen molar-refractivity contribution in [2.45, 2.75) is 24.2 Å². The van der Waals surface area contributed by atoms with Gasteiger partial charge in [0, 0.05) is 37.6 Å². The second kappa shape index (κ2) is 8.67. The molecule has 2 aliphatic rings. The highest BCUT2D eigenvalue weighted by molar-refractivity contribution is 7.89. The van der Waals surface area contributed by atoms with Crippen LogP contribution < -0.4 is 5.43 Å². The van der Waals surface area contributed by atoms with Gasteiger partial charge in [0.25, 0.3) is 0 Å². The Labute approximate surface area is 159 Å². The molecule has 2 saturated heterocycles. The molecular weight excluding hydrogens is 378 g/mol. The average molecular weight is 402 g/mol. The SMILES string of the molecule is O=C(CC1CCCN(S(=O)(=O)c2cccc(Cl)c2)C1)NN1CCOCC1. The molecule has 0 bridgehead atoms. The van der Waals surface area contributed by atoms with Crippen LogP contribution in [-0.2, 0) is 19.6 Å². The number of benzene rings is 1. The Bertz CT molecular complexity index is 737. The summed E-state index contributed by atoms with van der Waals surface area (Å²) in [7, 11) is -3.59. The van der Waals surface area contributed by atoms with Gasteiger partial charge in [-0.3, -0.25) is 10.2 Å². The second-order valence-corrected chi connectivity index (χ2v) is 9.04. The molecule has 1 N–H and O–H groups in total. The van der Waals surface area contributed by atoms with E-state index in [1.165, 1.54) is 10.4 Å². The number of ether oxygens (including phenoxy) is 1. The highest BCUT2D eigenvalue weighted by Gasteiger charge is 2.31. The van der Waals surface area contributed by atoms with Gasteiger partial charge >= 0.3 is 0 Å². The van der Waals surface area contributed by atoms with Crippen molar-refractivity contribution in [3.63, 3.8) is 0 Å². The molecule has 0 aromatic heterocycles. The molecule has 2 fully saturated rings. The van der Waals surface area contributed by atoms with Gasteiger partial charge in [-0.05, 0) is 37.0 Å². The van der Waals surface area contributed by atoms with E-state index in [0.717, 1.165) is 12.8 Å². The van der Waals surface area contributed by atoms with Gasteiger partial charge in [-0.15, -0.1) is 0 Å². The predicted octanol–water partition coefficient (Wildman–Crippen LogP) is 1.49. The summed E-state index contributed by atoms with van der Waals surface area (Å²) >= 11 is 5.93. The predicted molar refractivity (Wildman–Crippen MR) is 98.1 cm³/mol. The number of hydrazine groups is 1. The molecule has 0 radical (unpaired) electrons. The van der Waals surface area contributed by atoms with Gasteiger partial charge in [0.1, 0.15) is 0 Å². The Morgan fingerprint density at radius 3 is 2.77 bits per heavy atom. The minimum absolute atomic E-state index is 0.0127. The first kappa shape index (κ1) is 19.6. The highest BCUT2D eigenvalue weighted by Crippen LogP contribution is 2.26. The zero-order valence-corrected chi connectivity index (χ0v) is 16.1. The van der Waals surface area contributed by atoms with Crippen molar-refractivity contribution in [3.05, 3.63) is 29.3 Å². The lowest BCUT2D eigenvalue weighted by Gasteiger charge is -2.32. The summed E-state index contributed by atoms with van der Waals surface area (Å²) in [5.41, 5.74) is 2.89. The Balaban J connectivity index is 1.59. The fourth-order valence-corrected chi connectivity index (χ4v) is 5.20. The Morgan fingerprint density at radius 1 is 1.27 bits per heavy atom. The number of amides is 1. The van der Waals surface area contributed by atoms with Crippen molar-refractivity contribution >= 4 is 27.5 Å². The van der Waals surface area contributed by atoms with Gasteiger partial charge in [-0.1, -0.05) is 17.7 Å². The van der Waals surface area contributed by atoms with Crippen LogP contribution in [0.15, 0.2) is 29.2 Å². The van der Waals surface area contributed by atoms with Crippen molar-refractivity contribution < 1.29 is 17.9 Å². The maximum atomic E-state index is 12.8. The van der Waals surface area contributed by atoms with E-state index in [4.69, 9.17) is 16.3 Å². The van der Waals surface area contributed by atoms with Crippen LogP contribution in [0.3, 0.4) is 0 Å². The Kier molecular flexibility index (Phi) is 6.52. The number of sulfonamides is 1. The summed E-state index contributed by atoms with van der Waals surface area (Å²) in [5, 5.41) is 2.25. The highest BCUT2D eigenvalue weighted by atomic mass is 35.5. The molecule has 3 rings (SSSR count). The molecule has 0 saturated carbocycles.